The third-order valence-corrected chi connectivity index (χ3v) is 6.47. The predicted molar refractivity (Wildman–Crippen MR) is 122 cm³/mol. The maximum atomic E-state index is 12.8. The van der Waals surface area contributed by atoms with E-state index in [-0.39, 0.29) is 22.4 Å². The van der Waals surface area contributed by atoms with Gasteiger partial charge in [0, 0.05) is 11.3 Å². The number of anilines is 1. The summed E-state index contributed by atoms with van der Waals surface area (Å²) in [6.45, 7) is 4.72. The number of hydrogen-bond acceptors (Lipinski definition) is 5. The van der Waals surface area contributed by atoms with Crippen molar-refractivity contribution in [2.24, 2.45) is 0 Å². The van der Waals surface area contributed by atoms with Gasteiger partial charge in [-0.3, -0.25) is 9.52 Å². The molecule has 32 heavy (non-hydrogen) atoms. The zero-order valence-corrected chi connectivity index (χ0v) is 18.6. The van der Waals surface area contributed by atoms with Crippen LogP contribution in [0.5, 0.6) is 11.5 Å². The first-order valence-corrected chi connectivity index (χ1v) is 11.7. The van der Waals surface area contributed by atoms with Crippen molar-refractivity contribution in [2.45, 2.75) is 24.8 Å². The predicted octanol–water partition coefficient (Wildman–Crippen LogP) is 4.06. The van der Waals surface area contributed by atoms with Crippen LogP contribution in [0.15, 0.2) is 71.6 Å². The molecule has 166 valence electrons. The van der Waals surface area contributed by atoms with Crippen LogP contribution in [0.4, 0.5) is 5.69 Å². The molecule has 2 N–H and O–H groups in total. The van der Waals surface area contributed by atoms with E-state index in [2.05, 4.69) is 10.0 Å². The summed E-state index contributed by atoms with van der Waals surface area (Å²) in [5.41, 5.74) is 2.51. The van der Waals surface area contributed by atoms with Crippen molar-refractivity contribution in [3.8, 4) is 11.5 Å². The second kappa shape index (κ2) is 8.92. The fourth-order valence-corrected chi connectivity index (χ4v) is 4.51. The molecule has 1 unspecified atom stereocenters. The minimum absolute atomic E-state index is 0.0126. The Bertz CT molecular complexity index is 1260. The highest BCUT2D eigenvalue weighted by Crippen LogP contribution is 2.32. The maximum Gasteiger partial charge on any atom is 0.261 e. The van der Waals surface area contributed by atoms with Gasteiger partial charge in [-0.25, -0.2) is 8.42 Å². The molecule has 0 saturated carbocycles. The van der Waals surface area contributed by atoms with Crippen LogP contribution in [0.2, 0.25) is 0 Å². The first-order valence-electron chi connectivity index (χ1n) is 10.2. The third-order valence-electron chi connectivity index (χ3n) is 5.09. The Labute approximate surface area is 187 Å². The van der Waals surface area contributed by atoms with Gasteiger partial charge in [0.15, 0.2) is 11.5 Å². The minimum atomic E-state index is -3.84. The van der Waals surface area contributed by atoms with Crippen molar-refractivity contribution in [3.63, 3.8) is 0 Å². The van der Waals surface area contributed by atoms with Gasteiger partial charge in [0.05, 0.1) is 10.9 Å². The van der Waals surface area contributed by atoms with Gasteiger partial charge in [-0.1, -0.05) is 24.3 Å². The molecular weight excluding hydrogens is 428 g/mol. The molecule has 1 aliphatic heterocycles. The van der Waals surface area contributed by atoms with Gasteiger partial charge in [0.1, 0.15) is 13.2 Å². The molecule has 7 nitrogen and oxygen atoms in total. The zero-order chi connectivity index (χ0) is 22.7. The lowest BCUT2D eigenvalue weighted by Crippen LogP contribution is -2.27. The molecule has 0 aromatic heterocycles. The highest BCUT2D eigenvalue weighted by Gasteiger charge is 2.19. The number of carbonyl (C=O) groups is 1. The normalized spacial score (nSPS) is 13.8. The summed E-state index contributed by atoms with van der Waals surface area (Å²) in [6, 6.07) is 18.2. The number of ether oxygens (including phenoxy) is 2. The van der Waals surface area contributed by atoms with E-state index >= 15 is 0 Å². The smallest absolute Gasteiger partial charge is 0.261 e. The zero-order valence-electron chi connectivity index (χ0n) is 17.8. The van der Waals surface area contributed by atoms with E-state index in [1.54, 1.807) is 30.3 Å². The molecular formula is C24H24N2O5S. The first kappa shape index (κ1) is 21.7. The molecule has 0 aliphatic carbocycles. The minimum Gasteiger partial charge on any atom is -0.486 e. The number of benzene rings is 3. The van der Waals surface area contributed by atoms with Crippen LogP contribution < -0.4 is 19.5 Å². The van der Waals surface area contributed by atoms with Crippen LogP contribution in [0, 0.1) is 6.92 Å². The van der Waals surface area contributed by atoms with Crippen molar-refractivity contribution in [1.82, 2.24) is 5.32 Å². The van der Waals surface area contributed by atoms with E-state index in [1.165, 1.54) is 12.1 Å². The molecule has 8 heteroatoms. The van der Waals surface area contributed by atoms with E-state index in [4.69, 9.17) is 9.47 Å². The number of nitrogens with one attached hydrogen (secondary N) is 2. The standard InChI is InChI=1S/C24H24N2O5S/c1-16-5-3-7-20(13-16)26-32(28,29)21-8-4-6-19(14-21)24(27)25-17(2)18-9-10-22-23(15-18)31-12-11-30-22/h3-10,13-15,17,26H,11-12H2,1-2H3,(H,25,27). The number of amides is 1. The summed E-state index contributed by atoms with van der Waals surface area (Å²) in [7, 11) is -3.84. The van der Waals surface area contributed by atoms with Crippen molar-refractivity contribution in [3.05, 3.63) is 83.4 Å². The SMILES string of the molecule is Cc1cccc(NS(=O)(=O)c2cccc(C(=O)NC(C)c3ccc4c(c3)OCCO4)c2)c1. The Balaban J connectivity index is 1.49. The van der Waals surface area contributed by atoms with Gasteiger partial charge in [-0.05, 0) is 67.4 Å². The summed E-state index contributed by atoms with van der Waals surface area (Å²) < 4.78 is 39.3. The molecule has 0 fully saturated rings. The van der Waals surface area contributed by atoms with Crippen LogP contribution in [-0.2, 0) is 10.0 Å². The molecule has 1 atom stereocenters. The van der Waals surface area contributed by atoms with Gasteiger partial charge in [-0.15, -0.1) is 0 Å². The number of carbonyl (C=O) groups excluding carboxylic acids is 1. The lowest BCUT2D eigenvalue weighted by molar-refractivity contribution is 0.0939. The van der Waals surface area contributed by atoms with Gasteiger partial charge in [0.25, 0.3) is 15.9 Å². The average molecular weight is 453 g/mol. The van der Waals surface area contributed by atoms with Crippen LogP contribution in [-0.4, -0.2) is 27.5 Å². The van der Waals surface area contributed by atoms with Crippen LogP contribution >= 0.6 is 0 Å². The molecule has 0 radical (unpaired) electrons. The number of aryl methyl sites for hydroxylation is 1. The van der Waals surface area contributed by atoms with E-state index in [0.717, 1.165) is 11.1 Å². The van der Waals surface area contributed by atoms with Crippen LogP contribution in [0.25, 0.3) is 0 Å². The lowest BCUT2D eigenvalue weighted by atomic mass is 10.1. The highest BCUT2D eigenvalue weighted by atomic mass is 32.2. The van der Waals surface area contributed by atoms with E-state index in [1.807, 2.05) is 38.1 Å². The molecule has 0 saturated heterocycles. The van der Waals surface area contributed by atoms with Gasteiger partial charge >= 0.3 is 0 Å². The molecule has 1 aliphatic rings. The Kier molecular flexibility index (Phi) is 6.05. The maximum absolute atomic E-state index is 12.8. The number of rotatable bonds is 6. The number of fused-ring (bicyclic) bond motifs is 1. The number of sulfonamides is 1. The third kappa shape index (κ3) is 4.86. The van der Waals surface area contributed by atoms with Crippen molar-refractivity contribution < 1.29 is 22.7 Å². The fourth-order valence-electron chi connectivity index (χ4n) is 3.42. The van der Waals surface area contributed by atoms with Crippen molar-refractivity contribution in [2.75, 3.05) is 17.9 Å². The number of hydrogen-bond donors (Lipinski definition) is 2. The van der Waals surface area contributed by atoms with Crippen LogP contribution in [0.1, 0.15) is 34.5 Å². The second-order valence-electron chi connectivity index (χ2n) is 7.60. The molecule has 3 aromatic carbocycles. The first-order chi connectivity index (χ1) is 15.3. The summed E-state index contributed by atoms with van der Waals surface area (Å²) >= 11 is 0. The summed E-state index contributed by atoms with van der Waals surface area (Å²) in [5.74, 6) is 0.947. The Morgan fingerprint density at radius 3 is 2.47 bits per heavy atom. The van der Waals surface area contributed by atoms with E-state index in [9.17, 15) is 13.2 Å². The average Bonchev–Trinajstić information content (AvgIpc) is 2.78. The topological polar surface area (TPSA) is 93.7 Å². The monoisotopic (exact) mass is 452 g/mol. The summed E-state index contributed by atoms with van der Waals surface area (Å²) in [5, 5.41) is 2.90. The molecule has 1 amide bonds. The summed E-state index contributed by atoms with van der Waals surface area (Å²) in [4.78, 5) is 12.8. The van der Waals surface area contributed by atoms with E-state index < -0.39 is 10.0 Å². The Morgan fingerprint density at radius 2 is 1.69 bits per heavy atom. The van der Waals surface area contributed by atoms with Crippen molar-refractivity contribution in [1.29, 1.82) is 0 Å². The molecule has 1 heterocycles. The van der Waals surface area contributed by atoms with Gasteiger partial charge < -0.3 is 14.8 Å². The molecule has 4 rings (SSSR count). The van der Waals surface area contributed by atoms with E-state index in [0.29, 0.717) is 30.4 Å². The summed E-state index contributed by atoms with van der Waals surface area (Å²) in [6.07, 6.45) is 0. The molecule has 3 aromatic rings. The molecule has 0 bridgehead atoms. The fraction of sp³-hybridized carbons (Fsp3) is 0.208. The largest absolute Gasteiger partial charge is 0.486 e. The molecule has 0 spiro atoms. The van der Waals surface area contributed by atoms with Crippen molar-refractivity contribution >= 4 is 21.6 Å². The lowest BCUT2D eigenvalue weighted by Gasteiger charge is -2.21. The van der Waals surface area contributed by atoms with Crippen LogP contribution in [0.3, 0.4) is 0 Å². The highest BCUT2D eigenvalue weighted by molar-refractivity contribution is 7.92. The van der Waals surface area contributed by atoms with Gasteiger partial charge in [-0.2, -0.15) is 0 Å². The Morgan fingerprint density at radius 1 is 0.938 bits per heavy atom. The van der Waals surface area contributed by atoms with Gasteiger partial charge in [0.2, 0.25) is 0 Å². The second-order valence-corrected chi connectivity index (χ2v) is 9.28. The quantitative estimate of drug-likeness (QED) is 0.588. The Hall–Kier alpha value is -3.52.